The molecule has 4 heterocycles. The number of H-pyrrole nitrogens is 2. The van der Waals surface area contributed by atoms with Crippen molar-refractivity contribution in [3.8, 4) is 22.4 Å². The Balaban J connectivity index is 1.00. The number of ether oxygens (including phenoxy) is 1. The van der Waals surface area contributed by atoms with Crippen molar-refractivity contribution in [2.45, 2.75) is 64.7 Å². The minimum absolute atomic E-state index is 0.0929. The van der Waals surface area contributed by atoms with E-state index in [9.17, 15) is 14.4 Å². The predicted octanol–water partition coefficient (Wildman–Crippen LogP) is 8.28. The summed E-state index contributed by atoms with van der Waals surface area (Å²) in [6.45, 7) is 9.45. The number of methoxy groups -OCH3 is 1. The smallest absolute Gasteiger partial charge is 0.407 e. The van der Waals surface area contributed by atoms with E-state index in [0.29, 0.717) is 19.0 Å². The molecule has 0 unspecified atom stereocenters. The number of aromatic amines is 2. The van der Waals surface area contributed by atoms with Gasteiger partial charge in [-0.1, -0.05) is 88.4 Å². The number of carbonyl (C=O) groups is 3. The number of aromatic nitrogens is 4. The van der Waals surface area contributed by atoms with Gasteiger partial charge < -0.3 is 29.8 Å². The third kappa shape index (κ3) is 7.93. The van der Waals surface area contributed by atoms with Crippen molar-refractivity contribution >= 4 is 39.7 Å². The molecule has 0 aliphatic carbocycles. The summed E-state index contributed by atoms with van der Waals surface area (Å²) in [6.07, 6.45) is 2.89. The van der Waals surface area contributed by atoms with Crippen LogP contribution >= 0.6 is 0 Å². The van der Waals surface area contributed by atoms with Gasteiger partial charge in [0.2, 0.25) is 11.8 Å². The van der Waals surface area contributed by atoms with E-state index in [0.717, 1.165) is 74.2 Å². The Morgan fingerprint density at radius 3 is 2.05 bits per heavy atom. The molecule has 6 aromatic rings. The number of benzene rings is 4. The summed E-state index contributed by atoms with van der Waals surface area (Å²) >= 11 is 0. The number of likely N-dealkylation sites (tertiary alicyclic amines) is 2. The van der Waals surface area contributed by atoms with E-state index < -0.39 is 12.1 Å². The van der Waals surface area contributed by atoms with Gasteiger partial charge in [0, 0.05) is 18.7 Å². The molecule has 2 saturated heterocycles. The number of amides is 3. The molecule has 2 aliphatic rings. The van der Waals surface area contributed by atoms with Gasteiger partial charge in [-0.2, -0.15) is 0 Å². The van der Waals surface area contributed by atoms with Gasteiger partial charge in [-0.3, -0.25) is 14.5 Å². The first-order valence-corrected chi connectivity index (χ1v) is 20.6. The average Bonchev–Trinajstić information content (AvgIpc) is 4.04. The van der Waals surface area contributed by atoms with Crippen LogP contribution in [0.1, 0.15) is 75.9 Å². The van der Waals surface area contributed by atoms with Crippen molar-refractivity contribution in [3.05, 3.63) is 108 Å². The van der Waals surface area contributed by atoms with Crippen molar-refractivity contribution in [1.29, 1.82) is 0 Å². The second-order valence-corrected chi connectivity index (χ2v) is 17.1. The van der Waals surface area contributed by atoms with Gasteiger partial charge in [-0.15, -0.1) is 0 Å². The van der Waals surface area contributed by atoms with E-state index in [1.807, 2.05) is 85.2 Å². The van der Waals surface area contributed by atoms with Crippen LogP contribution in [0.25, 0.3) is 44.2 Å². The monoisotopic (exact) mass is 794 g/mol. The van der Waals surface area contributed by atoms with E-state index >= 15 is 0 Å². The Morgan fingerprint density at radius 1 is 0.780 bits per heavy atom. The minimum atomic E-state index is -0.696. The van der Waals surface area contributed by atoms with E-state index in [2.05, 4.69) is 77.7 Å². The summed E-state index contributed by atoms with van der Waals surface area (Å²) in [5, 5.41) is 4.95. The van der Waals surface area contributed by atoms with Crippen LogP contribution < -0.4 is 5.32 Å². The molecule has 2 aliphatic heterocycles. The fourth-order valence-corrected chi connectivity index (χ4v) is 9.04. The van der Waals surface area contributed by atoms with E-state index in [1.165, 1.54) is 7.11 Å². The lowest BCUT2D eigenvalue weighted by atomic mass is 9.99. The molecule has 0 radical (unpaired) electrons. The van der Waals surface area contributed by atoms with Crippen molar-refractivity contribution in [3.63, 3.8) is 0 Å². The third-order valence-corrected chi connectivity index (χ3v) is 12.1. The van der Waals surface area contributed by atoms with Crippen LogP contribution in [0.3, 0.4) is 0 Å². The molecule has 3 amide bonds. The topological polar surface area (TPSA) is 140 Å². The van der Waals surface area contributed by atoms with Crippen LogP contribution in [0, 0.1) is 17.8 Å². The number of nitrogens with zero attached hydrogens (tertiary/aromatic N) is 5. The number of rotatable bonds is 10. The van der Waals surface area contributed by atoms with Gasteiger partial charge in [0.25, 0.3) is 0 Å². The molecule has 4 aromatic carbocycles. The van der Waals surface area contributed by atoms with Crippen LogP contribution in [0.5, 0.6) is 0 Å². The number of hydrogen-bond acceptors (Lipinski definition) is 7. The minimum Gasteiger partial charge on any atom is -0.453 e. The highest BCUT2D eigenvalue weighted by Crippen LogP contribution is 2.39. The fraction of sp³-hybridized carbons (Fsp3) is 0.383. The fourth-order valence-electron chi connectivity index (χ4n) is 9.04. The van der Waals surface area contributed by atoms with Crippen molar-refractivity contribution in [2.24, 2.45) is 17.8 Å². The lowest BCUT2D eigenvalue weighted by Gasteiger charge is -2.31. The molecule has 12 heteroatoms. The van der Waals surface area contributed by atoms with E-state index in [4.69, 9.17) is 14.7 Å². The number of alkyl carbamates (subject to hydrolysis) is 1. The van der Waals surface area contributed by atoms with Gasteiger partial charge in [-0.05, 0) is 96.4 Å². The van der Waals surface area contributed by atoms with Crippen LogP contribution in [-0.4, -0.2) is 92.9 Å². The van der Waals surface area contributed by atoms with Gasteiger partial charge in [0.05, 0.1) is 42.1 Å². The number of fused-ring (bicyclic) bond motifs is 2. The maximum absolute atomic E-state index is 14.1. The summed E-state index contributed by atoms with van der Waals surface area (Å²) in [4.78, 5) is 62.8. The van der Waals surface area contributed by atoms with Crippen LogP contribution in [0.4, 0.5) is 4.79 Å². The third-order valence-electron chi connectivity index (χ3n) is 12.1. The number of likely N-dealkylation sites (N-methyl/N-ethyl adjacent to an activating group) is 1. The first-order chi connectivity index (χ1) is 28.4. The van der Waals surface area contributed by atoms with Crippen molar-refractivity contribution in [1.82, 2.24) is 40.0 Å². The highest BCUT2D eigenvalue weighted by Gasteiger charge is 2.41. The molecule has 306 valence electrons. The average molecular weight is 795 g/mol. The second kappa shape index (κ2) is 16.3. The van der Waals surface area contributed by atoms with Crippen molar-refractivity contribution < 1.29 is 19.1 Å². The Kier molecular flexibility index (Phi) is 11.0. The normalized spacial score (nSPS) is 20.5. The molecule has 3 N–H and O–H groups in total. The summed E-state index contributed by atoms with van der Waals surface area (Å²) in [6, 6.07) is 27.7. The van der Waals surface area contributed by atoms with Gasteiger partial charge in [-0.25, -0.2) is 14.8 Å². The Hall–Kier alpha value is -6.01. The molecule has 0 spiro atoms. The predicted molar refractivity (Wildman–Crippen MR) is 230 cm³/mol. The van der Waals surface area contributed by atoms with Crippen molar-refractivity contribution in [2.75, 3.05) is 34.3 Å². The Bertz CT molecular complexity index is 2490. The lowest BCUT2D eigenvalue weighted by Crippen LogP contribution is -2.51. The lowest BCUT2D eigenvalue weighted by molar-refractivity contribution is -0.137. The first-order valence-electron chi connectivity index (χ1n) is 20.6. The number of nitrogens with one attached hydrogen (secondary N) is 3. The largest absolute Gasteiger partial charge is 0.453 e. The van der Waals surface area contributed by atoms with Gasteiger partial charge in [0.15, 0.2) is 0 Å². The summed E-state index contributed by atoms with van der Waals surface area (Å²) in [5.41, 5.74) is 6.81. The molecule has 2 aromatic heterocycles. The maximum atomic E-state index is 14.1. The van der Waals surface area contributed by atoms with Gasteiger partial charge in [0.1, 0.15) is 23.7 Å². The molecule has 0 saturated carbocycles. The SMILES string of the molecule is COC(=O)N[C@H](C(=O)N1C[C@@H](C)C[C@H]1c1nc2ccc(-c3ccc4cc(-c5cnc([C@@H]6C[C@H](C)CN6C(=O)[C@@H](c6ccccc6)N(C)C)[nH]5)ccc4c3)cc2[nH]1)C(C)C. The Labute approximate surface area is 345 Å². The number of imidazole rings is 2. The Morgan fingerprint density at radius 2 is 1.39 bits per heavy atom. The number of hydrogen-bond donors (Lipinski definition) is 3. The molecule has 2 fully saturated rings. The summed E-state index contributed by atoms with van der Waals surface area (Å²) < 4.78 is 4.81. The molecule has 6 atom stereocenters. The highest BCUT2D eigenvalue weighted by molar-refractivity contribution is 5.92. The molecule has 59 heavy (non-hydrogen) atoms. The van der Waals surface area contributed by atoms with Crippen LogP contribution in [-0.2, 0) is 14.3 Å². The molecule has 0 bridgehead atoms. The molecular formula is C47H54N8O4. The quantitative estimate of drug-likeness (QED) is 0.127. The molecular weight excluding hydrogens is 741 g/mol. The van der Waals surface area contributed by atoms with Gasteiger partial charge >= 0.3 is 6.09 Å². The zero-order valence-corrected chi connectivity index (χ0v) is 34.9. The zero-order chi connectivity index (χ0) is 41.5. The standard InChI is InChI=1S/C47H54N8O4/c1-27(2)41(52-47(58)59-7)45(56)54-25-29(4)20-40(54)44-49-36-18-17-34(23-37(36)50-44)32-13-14-33-22-35(16-15-31(33)21-32)38-24-48-43(51-38)39-19-28(3)26-55(39)46(57)42(53(5)6)30-11-9-8-10-12-30/h8-18,21-24,27-29,39-42H,19-20,25-26H2,1-7H3,(H,48,51)(H,49,50)(H,52,58)/t28-,29-,39-,40-,41-,42+/m0/s1. The summed E-state index contributed by atoms with van der Waals surface area (Å²) in [7, 11) is 5.22. The maximum Gasteiger partial charge on any atom is 0.407 e. The molecule has 8 rings (SSSR count). The van der Waals surface area contributed by atoms with Crippen LogP contribution in [0.2, 0.25) is 0 Å². The second-order valence-electron chi connectivity index (χ2n) is 17.1. The zero-order valence-electron chi connectivity index (χ0n) is 34.9. The van der Waals surface area contributed by atoms with E-state index in [1.54, 1.807) is 0 Å². The molecule has 12 nitrogen and oxygen atoms in total. The summed E-state index contributed by atoms with van der Waals surface area (Å²) in [5.74, 6) is 2.05. The highest BCUT2D eigenvalue weighted by atomic mass is 16.5. The number of carbonyl (C=O) groups excluding carboxylic acids is 3. The van der Waals surface area contributed by atoms with E-state index in [-0.39, 0.29) is 41.8 Å². The van der Waals surface area contributed by atoms with Crippen LogP contribution in [0.15, 0.2) is 91.1 Å². The first kappa shape index (κ1) is 39.8.